The van der Waals surface area contributed by atoms with Crippen molar-refractivity contribution < 1.29 is 17.9 Å². The zero-order chi connectivity index (χ0) is 15.5. The van der Waals surface area contributed by atoms with Crippen LogP contribution in [0, 0.1) is 0 Å². The molecule has 0 amide bonds. The van der Waals surface area contributed by atoms with Crippen LogP contribution in [0.3, 0.4) is 0 Å². The van der Waals surface area contributed by atoms with Crippen LogP contribution in [0.1, 0.15) is 6.92 Å². The summed E-state index contributed by atoms with van der Waals surface area (Å²) >= 11 is 0. The van der Waals surface area contributed by atoms with Crippen molar-refractivity contribution in [1.29, 1.82) is 0 Å². The van der Waals surface area contributed by atoms with E-state index in [0.717, 1.165) is 6.26 Å². The van der Waals surface area contributed by atoms with Gasteiger partial charge in [-0.3, -0.25) is 0 Å². The summed E-state index contributed by atoms with van der Waals surface area (Å²) in [5, 5.41) is 0. The Bertz CT molecular complexity index is 724. The van der Waals surface area contributed by atoms with E-state index in [0.29, 0.717) is 29.5 Å². The highest BCUT2D eigenvalue weighted by Crippen LogP contribution is 2.29. The number of hydrogen-bond acceptors (Lipinski definition) is 5. The number of nitrogens with two attached hydrogens (primary N) is 1. The van der Waals surface area contributed by atoms with E-state index in [9.17, 15) is 8.42 Å². The first-order valence-electron chi connectivity index (χ1n) is 6.40. The molecule has 0 saturated carbocycles. The summed E-state index contributed by atoms with van der Waals surface area (Å²) in [4.78, 5) is 0.248. The molecule has 0 aliphatic carbocycles. The molecule has 2 N–H and O–H groups in total. The van der Waals surface area contributed by atoms with E-state index in [1.807, 2.05) is 6.92 Å². The third-order valence-electron chi connectivity index (χ3n) is 2.70. The average molecular weight is 307 g/mol. The second-order valence-electron chi connectivity index (χ2n) is 4.52. The number of benzene rings is 2. The minimum absolute atomic E-state index is 0.248. The van der Waals surface area contributed by atoms with E-state index in [1.165, 1.54) is 12.1 Å². The lowest BCUT2D eigenvalue weighted by molar-refractivity contribution is 0.338. The molecule has 0 aliphatic rings. The predicted molar refractivity (Wildman–Crippen MR) is 81.6 cm³/mol. The first-order valence-corrected chi connectivity index (χ1v) is 8.29. The van der Waals surface area contributed by atoms with E-state index in [-0.39, 0.29) is 4.90 Å². The molecule has 112 valence electrons. The SMILES string of the molecule is CCOc1cc(N)cc(Oc2ccc(S(C)(=O)=O)cc2)c1. The van der Waals surface area contributed by atoms with Crippen molar-refractivity contribution >= 4 is 15.5 Å². The van der Waals surface area contributed by atoms with Crippen LogP contribution in [0.2, 0.25) is 0 Å². The van der Waals surface area contributed by atoms with Crippen molar-refractivity contribution in [3.63, 3.8) is 0 Å². The van der Waals surface area contributed by atoms with Crippen LogP contribution in [0.4, 0.5) is 5.69 Å². The average Bonchev–Trinajstić information content (AvgIpc) is 2.38. The zero-order valence-electron chi connectivity index (χ0n) is 11.9. The number of nitrogen functional groups attached to an aromatic ring is 1. The molecule has 0 heterocycles. The van der Waals surface area contributed by atoms with Gasteiger partial charge in [0, 0.05) is 30.1 Å². The summed E-state index contributed by atoms with van der Waals surface area (Å²) < 4.78 is 33.8. The third-order valence-corrected chi connectivity index (χ3v) is 3.83. The van der Waals surface area contributed by atoms with Crippen LogP contribution in [0.5, 0.6) is 17.2 Å². The second-order valence-corrected chi connectivity index (χ2v) is 6.53. The van der Waals surface area contributed by atoms with Crippen LogP contribution in [-0.2, 0) is 9.84 Å². The molecule has 6 heteroatoms. The number of anilines is 1. The van der Waals surface area contributed by atoms with Crippen molar-refractivity contribution in [2.24, 2.45) is 0 Å². The van der Waals surface area contributed by atoms with Crippen LogP contribution in [0.15, 0.2) is 47.4 Å². The Kier molecular flexibility index (Phi) is 4.37. The topological polar surface area (TPSA) is 78.6 Å². The monoisotopic (exact) mass is 307 g/mol. The molecule has 0 aliphatic heterocycles. The Morgan fingerprint density at radius 2 is 1.62 bits per heavy atom. The molecule has 0 spiro atoms. The Morgan fingerprint density at radius 1 is 1.00 bits per heavy atom. The highest BCUT2D eigenvalue weighted by atomic mass is 32.2. The lowest BCUT2D eigenvalue weighted by Gasteiger charge is -2.10. The maximum absolute atomic E-state index is 11.4. The first kappa shape index (κ1) is 15.2. The molecule has 2 aromatic carbocycles. The molecule has 0 saturated heterocycles. The lowest BCUT2D eigenvalue weighted by atomic mass is 10.3. The summed E-state index contributed by atoms with van der Waals surface area (Å²) in [6, 6.07) is 11.3. The fourth-order valence-electron chi connectivity index (χ4n) is 1.79. The number of rotatable bonds is 5. The molecular weight excluding hydrogens is 290 g/mol. The van der Waals surface area contributed by atoms with Crippen molar-refractivity contribution in [1.82, 2.24) is 0 Å². The van der Waals surface area contributed by atoms with Gasteiger partial charge in [0.25, 0.3) is 0 Å². The number of hydrogen-bond donors (Lipinski definition) is 1. The Morgan fingerprint density at radius 3 is 2.19 bits per heavy atom. The zero-order valence-corrected chi connectivity index (χ0v) is 12.7. The Balaban J connectivity index is 2.22. The van der Waals surface area contributed by atoms with Crippen molar-refractivity contribution in [2.75, 3.05) is 18.6 Å². The highest BCUT2D eigenvalue weighted by molar-refractivity contribution is 7.90. The van der Waals surface area contributed by atoms with Gasteiger partial charge in [-0.1, -0.05) is 0 Å². The van der Waals surface area contributed by atoms with Crippen molar-refractivity contribution in [2.45, 2.75) is 11.8 Å². The van der Waals surface area contributed by atoms with Gasteiger partial charge in [-0.15, -0.1) is 0 Å². The summed E-state index contributed by atoms with van der Waals surface area (Å²) in [5.41, 5.74) is 6.32. The molecule has 5 nitrogen and oxygen atoms in total. The lowest BCUT2D eigenvalue weighted by Crippen LogP contribution is -1.97. The number of sulfone groups is 1. The molecule has 2 aromatic rings. The minimum atomic E-state index is -3.21. The van der Waals surface area contributed by atoms with Crippen LogP contribution in [0.25, 0.3) is 0 Å². The van der Waals surface area contributed by atoms with E-state index in [4.69, 9.17) is 15.2 Å². The Hall–Kier alpha value is -2.21. The molecule has 0 unspecified atom stereocenters. The predicted octanol–water partition coefficient (Wildman–Crippen LogP) is 2.86. The van der Waals surface area contributed by atoms with Crippen molar-refractivity contribution in [3.8, 4) is 17.2 Å². The second kappa shape index (κ2) is 6.05. The fourth-order valence-corrected chi connectivity index (χ4v) is 2.42. The molecule has 2 rings (SSSR count). The van der Waals surface area contributed by atoms with Gasteiger partial charge in [0.05, 0.1) is 11.5 Å². The maximum Gasteiger partial charge on any atom is 0.175 e. The number of ether oxygens (including phenoxy) is 2. The summed E-state index contributed by atoms with van der Waals surface area (Å²) in [7, 11) is -3.21. The smallest absolute Gasteiger partial charge is 0.175 e. The normalized spacial score (nSPS) is 11.1. The van der Waals surface area contributed by atoms with Gasteiger partial charge in [0.1, 0.15) is 17.2 Å². The largest absolute Gasteiger partial charge is 0.494 e. The van der Waals surface area contributed by atoms with Gasteiger partial charge in [-0.05, 0) is 31.2 Å². The van der Waals surface area contributed by atoms with Gasteiger partial charge in [0.2, 0.25) is 0 Å². The maximum atomic E-state index is 11.4. The highest BCUT2D eigenvalue weighted by Gasteiger charge is 2.07. The van der Waals surface area contributed by atoms with Crippen LogP contribution < -0.4 is 15.2 Å². The standard InChI is InChI=1S/C15H17NO4S/c1-3-19-13-8-11(16)9-14(10-13)20-12-4-6-15(7-5-12)21(2,17)18/h4-10H,3,16H2,1-2H3. The fraction of sp³-hybridized carbons (Fsp3) is 0.200. The molecule has 0 aromatic heterocycles. The summed E-state index contributed by atoms with van der Waals surface area (Å²) in [6.07, 6.45) is 1.16. The molecular formula is C15H17NO4S. The molecule has 0 atom stereocenters. The van der Waals surface area contributed by atoms with E-state index >= 15 is 0 Å². The van der Waals surface area contributed by atoms with E-state index < -0.39 is 9.84 Å². The molecule has 0 fully saturated rings. The van der Waals surface area contributed by atoms with E-state index in [2.05, 4.69) is 0 Å². The van der Waals surface area contributed by atoms with Gasteiger partial charge in [0.15, 0.2) is 9.84 Å². The summed E-state index contributed by atoms with van der Waals surface area (Å²) in [5.74, 6) is 1.68. The van der Waals surface area contributed by atoms with Gasteiger partial charge in [-0.25, -0.2) is 8.42 Å². The summed E-state index contributed by atoms with van der Waals surface area (Å²) in [6.45, 7) is 2.42. The first-order chi connectivity index (χ1) is 9.88. The quantitative estimate of drug-likeness (QED) is 0.859. The van der Waals surface area contributed by atoms with Crippen LogP contribution >= 0.6 is 0 Å². The molecule has 21 heavy (non-hydrogen) atoms. The van der Waals surface area contributed by atoms with Gasteiger partial charge >= 0.3 is 0 Å². The Labute approximate surface area is 124 Å². The van der Waals surface area contributed by atoms with Crippen molar-refractivity contribution in [3.05, 3.63) is 42.5 Å². The molecule has 0 bridgehead atoms. The third kappa shape index (κ3) is 4.13. The minimum Gasteiger partial charge on any atom is -0.494 e. The van der Waals surface area contributed by atoms with Gasteiger partial charge in [-0.2, -0.15) is 0 Å². The van der Waals surface area contributed by atoms with Gasteiger partial charge < -0.3 is 15.2 Å². The van der Waals surface area contributed by atoms with E-state index in [1.54, 1.807) is 30.3 Å². The van der Waals surface area contributed by atoms with Crippen LogP contribution in [-0.4, -0.2) is 21.3 Å². The molecule has 0 radical (unpaired) electrons.